The highest BCUT2D eigenvalue weighted by Gasteiger charge is 2.15. The smallest absolute Gasteiger partial charge is 0.414 e. The maximum Gasteiger partial charge on any atom is 0.414 e. The molecule has 0 unspecified atom stereocenters. The lowest BCUT2D eigenvalue weighted by atomic mass is 10.2. The van der Waals surface area contributed by atoms with Crippen LogP contribution in [0.3, 0.4) is 0 Å². The monoisotopic (exact) mass is 364 g/mol. The summed E-state index contributed by atoms with van der Waals surface area (Å²) < 4.78 is 5.99. The van der Waals surface area contributed by atoms with E-state index < -0.39 is 0 Å². The molecule has 1 aromatic carbocycles. The first kappa shape index (κ1) is 17.2. The van der Waals surface area contributed by atoms with Gasteiger partial charge in [0, 0.05) is 26.2 Å². The Labute approximate surface area is 126 Å². The quantitative estimate of drug-likeness (QED) is 0.511. The summed E-state index contributed by atoms with van der Waals surface area (Å²) in [6.07, 6.45) is -0.355. The van der Waals surface area contributed by atoms with Gasteiger partial charge in [-0.2, -0.15) is 0 Å². The van der Waals surface area contributed by atoms with Crippen LogP contribution in [0.4, 0.5) is 10.5 Å². The summed E-state index contributed by atoms with van der Waals surface area (Å²) in [6, 6.07) is 5.86. The van der Waals surface area contributed by atoms with Crippen molar-refractivity contribution in [2.24, 2.45) is 0 Å². The number of halogens is 1. The van der Waals surface area contributed by atoms with Gasteiger partial charge in [0.2, 0.25) is 0 Å². The average molecular weight is 364 g/mol. The molecule has 0 atom stereocenters. The molecule has 102 valence electrons. The summed E-state index contributed by atoms with van der Waals surface area (Å²) in [5.74, 6) is 0.612. The van der Waals surface area contributed by atoms with Gasteiger partial charge in [-0.15, -0.1) is 0 Å². The van der Waals surface area contributed by atoms with Crippen LogP contribution < -0.4 is 33.2 Å². The molecule has 18 heavy (non-hydrogen) atoms. The van der Waals surface area contributed by atoms with Crippen LogP contribution in [0.25, 0.3) is 0 Å². The fourth-order valence-corrected chi connectivity index (χ4v) is 1.35. The molecule has 4 nitrogen and oxygen atoms in total. The number of benzene rings is 1. The van der Waals surface area contributed by atoms with E-state index in [1.54, 1.807) is 14.1 Å². The number of rotatable bonds is 2. The summed E-state index contributed by atoms with van der Waals surface area (Å²) in [7, 11) is 9.62. The number of quaternary nitrogens is 1. The van der Waals surface area contributed by atoms with Crippen molar-refractivity contribution in [3.63, 3.8) is 0 Å². The van der Waals surface area contributed by atoms with Crippen molar-refractivity contribution in [2.45, 2.75) is 6.92 Å². The van der Waals surface area contributed by atoms with Gasteiger partial charge < -0.3 is 33.6 Å². The number of amides is 1. The van der Waals surface area contributed by atoms with Crippen LogP contribution in [0.15, 0.2) is 18.2 Å². The van der Waals surface area contributed by atoms with Crippen LogP contribution in [0.1, 0.15) is 5.56 Å². The standard InChI is InChI=1S/C13H21N2O2.HI/c1-10-9-11(15(4,5)6)7-8-12(10)17-13(16)14(2)3;/h7-9H,1-6H3;1H/q+1;/p-1. The minimum absolute atomic E-state index is 0. The van der Waals surface area contributed by atoms with Crippen molar-refractivity contribution in [2.75, 3.05) is 35.2 Å². The largest absolute Gasteiger partial charge is 1.00 e. The Balaban J connectivity index is 0.00000289. The zero-order chi connectivity index (χ0) is 13.2. The molecule has 1 amide bonds. The molecule has 0 aliphatic heterocycles. The van der Waals surface area contributed by atoms with Gasteiger partial charge in [-0.25, -0.2) is 4.79 Å². The van der Waals surface area contributed by atoms with E-state index in [0.29, 0.717) is 5.75 Å². The molecular formula is C13H21IN2O2. The van der Waals surface area contributed by atoms with Crippen LogP contribution in [-0.4, -0.2) is 46.2 Å². The summed E-state index contributed by atoms with van der Waals surface area (Å²) in [4.78, 5) is 12.9. The maximum absolute atomic E-state index is 11.4. The molecule has 0 heterocycles. The Hall–Kier alpha value is -0.820. The third-order valence-electron chi connectivity index (χ3n) is 2.50. The average Bonchev–Trinajstić information content (AvgIpc) is 2.19. The lowest BCUT2D eigenvalue weighted by molar-refractivity contribution is -0.00000892. The number of nitrogens with zero attached hydrogens (tertiary/aromatic N) is 2. The van der Waals surface area contributed by atoms with Crippen LogP contribution in [0.5, 0.6) is 5.75 Å². The molecule has 0 radical (unpaired) electrons. The number of carbonyl (C=O) groups excluding carboxylic acids is 1. The normalized spacial score (nSPS) is 10.6. The second kappa shape index (κ2) is 6.38. The Morgan fingerprint density at radius 3 is 2.17 bits per heavy atom. The molecule has 5 heteroatoms. The molecule has 0 spiro atoms. The van der Waals surface area contributed by atoms with Crippen LogP contribution >= 0.6 is 0 Å². The van der Waals surface area contributed by atoms with Crippen molar-refractivity contribution in [3.8, 4) is 5.75 Å². The van der Waals surface area contributed by atoms with E-state index in [4.69, 9.17) is 4.74 Å². The topological polar surface area (TPSA) is 29.5 Å². The molecule has 0 saturated heterocycles. The predicted molar refractivity (Wildman–Crippen MR) is 70.5 cm³/mol. The summed E-state index contributed by atoms with van der Waals surface area (Å²) >= 11 is 0. The molecule has 0 saturated carbocycles. The molecular weight excluding hydrogens is 343 g/mol. The van der Waals surface area contributed by atoms with E-state index in [1.165, 1.54) is 10.6 Å². The summed E-state index contributed by atoms with van der Waals surface area (Å²) in [5, 5.41) is 0. The van der Waals surface area contributed by atoms with Gasteiger partial charge in [-0.3, -0.25) is 4.48 Å². The van der Waals surface area contributed by atoms with Crippen LogP contribution in [0.2, 0.25) is 0 Å². The van der Waals surface area contributed by atoms with Crippen molar-refractivity contribution >= 4 is 11.8 Å². The van der Waals surface area contributed by atoms with Crippen molar-refractivity contribution in [3.05, 3.63) is 23.8 Å². The fourth-order valence-electron chi connectivity index (χ4n) is 1.35. The lowest BCUT2D eigenvalue weighted by Gasteiger charge is -2.24. The number of hydrogen-bond acceptors (Lipinski definition) is 2. The highest BCUT2D eigenvalue weighted by molar-refractivity contribution is 5.70. The maximum atomic E-state index is 11.4. The van der Waals surface area contributed by atoms with Crippen molar-refractivity contribution < 1.29 is 33.5 Å². The third-order valence-corrected chi connectivity index (χ3v) is 2.50. The Morgan fingerprint density at radius 1 is 1.22 bits per heavy atom. The van der Waals surface area contributed by atoms with E-state index in [9.17, 15) is 4.79 Å². The summed E-state index contributed by atoms with van der Waals surface area (Å²) in [6.45, 7) is 1.94. The van der Waals surface area contributed by atoms with Gasteiger partial charge in [-0.1, -0.05) is 0 Å². The van der Waals surface area contributed by atoms with E-state index in [1.807, 2.05) is 25.1 Å². The molecule has 1 aromatic rings. The number of hydrogen-bond donors (Lipinski definition) is 0. The minimum Gasteiger partial charge on any atom is -1.00 e. The number of ether oxygens (including phenoxy) is 1. The third kappa shape index (κ3) is 4.45. The SMILES string of the molecule is Cc1cc([N+](C)(C)C)ccc1OC(=O)N(C)C.[I-]. The minimum atomic E-state index is -0.355. The molecule has 0 fully saturated rings. The zero-order valence-electron chi connectivity index (χ0n) is 11.8. The first-order valence-electron chi connectivity index (χ1n) is 5.53. The Morgan fingerprint density at radius 2 is 1.78 bits per heavy atom. The van der Waals surface area contributed by atoms with Crippen molar-refractivity contribution in [1.82, 2.24) is 9.38 Å². The molecule has 0 aliphatic rings. The Bertz CT molecular complexity index is 425. The second-order valence-electron chi connectivity index (χ2n) is 5.22. The second-order valence-corrected chi connectivity index (χ2v) is 5.22. The predicted octanol–water partition coefficient (Wildman–Crippen LogP) is -0.744. The van der Waals surface area contributed by atoms with Gasteiger partial charge in [-0.05, 0) is 18.6 Å². The molecule has 0 aliphatic carbocycles. The number of carbonyl (C=O) groups is 1. The number of aryl methyl sites for hydroxylation is 1. The van der Waals surface area contributed by atoms with Gasteiger partial charge >= 0.3 is 6.09 Å². The van der Waals surface area contributed by atoms with Crippen molar-refractivity contribution in [1.29, 1.82) is 0 Å². The first-order chi connectivity index (χ1) is 7.71. The van der Waals surface area contributed by atoms with E-state index in [2.05, 4.69) is 21.1 Å². The molecule has 0 bridgehead atoms. The first-order valence-corrected chi connectivity index (χ1v) is 5.53. The highest BCUT2D eigenvalue weighted by atomic mass is 127. The van der Waals surface area contributed by atoms with Gasteiger partial charge in [0.25, 0.3) is 0 Å². The zero-order valence-corrected chi connectivity index (χ0v) is 14.0. The molecule has 1 rings (SSSR count). The highest BCUT2D eigenvalue weighted by Crippen LogP contribution is 2.26. The van der Waals surface area contributed by atoms with Gasteiger partial charge in [0.1, 0.15) is 11.4 Å². The van der Waals surface area contributed by atoms with Crippen LogP contribution in [-0.2, 0) is 0 Å². The molecule has 0 aromatic heterocycles. The van der Waals surface area contributed by atoms with E-state index >= 15 is 0 Å². The molecule has 0 N–H and O–H groups in total. The Kier molecular flexibility index (Phi) is 6.09. The van der Waals surface area contributed by atoms with Gasteiger partial charge in [0.15, 0.2) is 0 Å². The van der Waals surface area contributed by atoms with E-state index in [-0.39, 0.29) is 30.1 Å². The lowest BCUT2D eigenvalue weighted by Crippen LogP contribution is -3.00. The van der Waals surface area contributed by atoms with E-state index in [0.717, 1.165) is 10.0 Å². The van der Waals surface area contributed by atoms with Crippen LogP contribution in [0, 0.1) is 6.92 Å². The summed E-state index contributed by atoms with van der Waals surface area (Å²) in [5.41, 5.74) is 2.14. The fraction of sp³-hybridized carbons (Fsp3) is 0.462. The van der Waals surface area contributed by atoms with Gasteiger partial charge in [0.05, 0.1) is 21.1 Å².